The van der Waals surface area contributed by atoms with Crippen LogP contribution in [0.15, 0.2) is 66.0 Å². The van der Waals surface area contributed by atoms with Gasteiger partial charge in [-0.2, -0.15) is 0 Å². The van der Waals surface area contributed by atoms with E-state index in [1.165, 1.54) is 0 Å². The molecule has 22 heavy (non-hydrogen) atoms. The highest BCUT2D eigenvalue weighted by molar-refractivity contribution is 7.99. The van der Waals surface area contributed by atoms with Crippen molar-refractivity contribution in [3.8, 4) is 0 Å². The molecule has 0 fully saturated rings. The fourth-order valence-electron chi connectivity index (χ4n) is 2.06. The van der Waals surface area contributed by atoms with Gasteiger partial charge in [-0.3, -0.25) is 4.40 Å². The van der Waals surface area contributed by atoms with Crippen molar-refractivity contribution in [1.82, 2.24) is 14.7 Å². The van der Waals surface area contributed by atoms with Crippen LogP contribution < -0.4 is 10.6 Å². The van der Waals surface area contributed by atoms with Crippen LogP contribution in [0.4, 0.5) is 10.5 Å². The second-order valence-electron chi connectivity index (χ2n) is 4.61. The van der Waals surface area contributed by atoms with Crippen molar-refractivity contribution in [2.45, 2.75) is 5.03 Å². The first-order valence-corrected chi connectivity index (χ1v) is 7.96. The zero-order valence-corrected chi connectivity index (χ0v) is 12.7. The Labute approximate surface area is 132 Å². The van der Waals surface area contributed by atoms with E-state index < -0.39 is 0 Å². The van der Waals surface area contributed by atoms with Crippen LogP contribution in [-0.2, 0) is 0 Å². The van der Waals surface area contributed by atoms with Gasteiger partial charge in [0.25, 0.3) is 0 Å². The lowest BCUT2D eigenvalue weighted by Crippen LogP contribution is -2.30. The molecule has 1 aromatic carbocycles. The largest absolute Gasteiger partial charge is 0.337 e. The molecule has 2 amide bonds. The van der Waals surface area contributed by atoms with Crippen molar-refractivity contribution >= 4 is 29.1 Å². The van der Waals surface area contributed by atoms with Crippen LogP contribution >= 0.6 is 11.8 Å². The molecule has 0 saturated heterocycles. The molecule has 0 radical (unpaired) electrons. The minimum Gasteiger partial charge on any atom is -0.337 e. The van der Waals surface area contributed by atoms with Crippen molar-refractivity contribution in [3.05, 3.63) is 60.9 Å². The number of carbonyl (C=O) groups is 1. The first-order valence-electron chi connectivity index (χ1n) is 6.98. The number of hydrogen-bond acceptors (Lipinski definition) is 3. The van der Waals surface area contributed by atoms with Gasteiger partial charge in [0.15, 0.2) is 0 Å². The monoisotopic (exact) mass is 312 g/mol. The van der Waals surface area contributed by atoms with E-state index in [-0.39, 0.29) is 6.03 Å². The van der Waals surface area contributed by atoms with E-state index >= 15 is 0 Å². The quantitative estimate of drug-likeness (QED) is 0.561. The lowest BCUT2D eigenvalue weighted by atomic mass is 10.3. The zero-order chi connectivity index (χ0) is 15.2. The molecule has 2 N–H and O–H groups in total. The molecular formula is C16H16N4OS. The minimum absolute atomic E-state index is 0.187. The average molecular weight is 312 g/mol. The second kappa shape index (κ2) is 7.00. The third-order valence-corrected chi connectivity index (χ3v) is 4.10. The van der Waals surface area contributed by atoms with E-state index in [1.807, 2.05) is 59.1 Å². The Morgan fingerprint density at radius 1 is 1.14 bits per heavy atom. The Kier molecular flexibility index (Phi) is 4.60. The van der Waals surface area contributed by atoms with Gasteiger partial charge in [-0.15, -0.1) is 11.8 Å². The number of nitrogens with zero attached hydrogens (tertiary/aromatic N) is 2. The van der Waals surface area contributed by atoms with Gasteiger partial charge < -0.3 is 10.6 Å². The van der Waals surface area contributed by atoms with Crippen LogP contribution in [0.5, 0.6) is 0 Å². The van der Waals surface area contributed by atoms with Gasteiger partial charge in [0.1, 0.15) is 5.65 Å². The molecule has 6 heteroatoms. The average Bonchev–Trinajstić information content (AvgIpc) is 3.02. The summed E-state index contributed by atoms with van der Waals surface area (Å²) in [7, 11) is 0. The fourth-order valence-corrected chi connectivity index (χ4v) is 2.94. The molecule has 0 unspecified atom stereocenters. The fraction of sp³-hybridized carbons (Fsp3) is 0.125. The molecule has 2 heterocycles. The summed E-state index contributed by atoms with van der Waals surface area (Å²) in [6.07, 6.45) is 3.72. The molecule has 3 aromatic rings. The summed E-state index contributed by atoms with van der Waals surface area (Å²) in [6, 6.07) is 15.2. The second-order valence-corrected chi connectivity index (χ2v) is 5.73. The van der Waals surface area contributed by atoms with Crippen molar-refractivity contribution in [2.75, 3.05) is 17.6 Å². The number of benzene rings is 1. The Bertz CT molecular complexity index is 757. The number of thioether (sulfide) groups is 1. The third kappa shape index (κ3) is 3.59. The van der Waals surface area contributed by atoms with Crippen LogP contribution in [0.2, 0.25) is 0 Å². The lowest BCUT2D eigenvalue weighted by Gasteiger charge is -2.08. The molecule has 0 aliphatic heterocycles. The molecule has 0 atom stereocenters. The van der Waals surface area contributed by atoms with E-state index in [1.54, 1.807) is 18.0 Å². The molecule has 5 nitrogen and oxygen atoms in total. The molecular weight excluding hydrogens is 296 g/mol. The number of carbonyl (C=O) groups excluding carboxylic acids is 1. The summed E-state index contributed by atoms with van der Waals surface area (Å²) in [5.74, 6) is 0.791. The molecule has 112 valence electrons. The molecule has 0 aliphatic carbocycles. The third-order valence-electron chi connectivity index (χ3n) is 3.06. The SMILES string of the molecule is O=C(NCCSc1cccc2nccn12)Nc1ccccc1. The number of aromatic nitrogens is 2. The number of pyridine rings is 1. The number of urea groups is 1. The van der Waals surface area contributed by atoms with Gasteiger partial charge in [0.05, 0.1) is 5.03 Å². The zero-order valence-electron chi connectivity index (χ0n) is 11.9. The number of nitrogens with one attached hydrogen (secondary N) is 2. The number of imidazole rings is 1. The topological polar surface area (TPSA) is 58.4 Å². The van der Waals surface area contributed by atoms with Gasteiger partial charge in [-0.25, -0.2) is 9.78 Å². The molecule has 0 saturated carbocycles. The van der Waals surface area contributed by atoms with E-state index in [9.17, 15) is 4.79 Å². The number of fused-ring (bicyclic) bond motifs is 1. The maximum absolute atomic E-state index is 11.7. The number of para-hydroxylation sites is 1. The summed E-state index contributed by atoms with van der Waals surface area (Å²) in [6.45, 7) is 0.592. The summed E-state index contributed by atoms with van der Waals surface area (Å²) < 4.78 is 2.04. The van der Waals surface area contributed by atoms with E-state index in [2.05, 4.69) is 15.6 Å². The lowest BCUT2D eigenvalue weighted by molar-refractivity contribution is 0.252. The van der Waals surface area contributed by atoms with Gasteiger partial charge in [-0.1, -0.05) is 24.3 Å². The summed E-state index contributed by atoms with van der Waals surface area (Å²) in [5, 5.41) is 6.75. The Morgan fingerprint density at radius 3 is 2.86 bits per heavy atom. The van der Waals surface area contributed by atoms with Crippen LogP contribution in [0.25, 0.3) is 5.65 Å². The molecule has 3 rings (SSSR count). The van der Waals surface area contributed by atoms with Gasteiger partial charge >= 0.3 is 6.03 Å². The molecule has 0 aliphatic rings. The Morgan fingerprint density at radius 2 is 2.00 bits per heavy atom. The van der Waals surface area contributed by atoms with Crippen LogP contribution in [-0.4, -0.2) is 27.7 Å². The van der Waals surface area contributed by atoms with E-state index in [4.69, 9.17) is 0 Å². The van der Waals surface area contributed by atoms with E-state index in [0.717, 1.165) is 22.1 Å². The number of anilines is 1. The predicted octanol–water partition coefficient (Wildman–Crippen LogP) is 3.25. The maximum atomic E-state index is 11.7. The van der Waals surface area contributed by atoms with Crippen LogP contribution in [0.3, 0.4) is 0 Å². The summed E-state index contributed by atoms with van der Waals surface area (Å²) in [5.41, 5.74) is 1.72. The number of amides is 2. The van der Waals surface area contributed by atoms with Crippen molar-refractivity contribution < 1.29 is 4.79 Å². The van der Waals surface area contributed by atoms with Crippen molar-refractivity contribution in [1.29, 1.82) is 0 Å². The van der Waals surface area contributed by atoms with Crippen LogP contribution in [0.1, 0.15) is 0 Å². The summed E-state index contributed by atoms with van der Waals surface area (Å²) >= 11 is 1.68. The molecule has 2 aromatic heterocycles. The summed E-state index contributed by atoms with van der Waals surface area (Å²) in [4.78, 5) is 16.0. The Balaban J connectivity index is 1.46. The standard InChI is InChI=1S/C16H16N4OS/c21-16(19-13-5-2-1-3-6-13)18-10-12-22-15-8-4-7-14-17-9-11-20(14)15/h1-9,11H,10,12H2,(H2,18,19,21). The normalized spacial score (nSPS) is 10.5. The van der Waals surface area contributed by atoms with Gasteiger partial charge in [-0.05, 0) is 24.3 Å². The minimum atomic E-state index is -0.187. The number of rotatable bonds is 5. The van der Waals surface area contributed by atoms with Crippen LogP contribution in [0, 0.1) is 0 Å². The molecule has 0 spiro atoms. The highest BCUT2D eigenvalue weighted by atomic mass is 32.2. The van der Waals surface area contributed by atoms with Gasteiger partial charge in [0.2, 0.25) is 0 Å². The van der Waals surface area contributed by atoms with Gasteiger partial charge in [0, 0.05) is 30.4 Å². The smallest absolute Gasteiger partial charge is 0.319 e. The van der Waals surface area contributed by atoms with Crippen molar-refractivity contribution in [3.63, 3.8) is 0 Å². The predicted molar refractivity (Wildman–Crippen MR) is 89.4 cm³/mol. The highest BCUT2D eigenvalue weighted by Crippen LogP contribution is 2.18. The molecule has 0 bridgehead atoms. The highest BCUT2D eigenvalue weighted by Gasteiger charge is 2.03. The first kappa shape index (κ1) is 14.5. The van der Waals surface area contributed by atoms with E-state index in [0.29, 0.717) is 6.54 Å². The maximum Gasteiger partial charge on any atom is 0.319 e. The first-order chi connectivity index (χ1) is 10.8. The Hall–Kier alpha value is -2.47. The van der Waals surface area contributed by atoms with Crippen molar-refractivity contribution in [2.24, 2.45) is 0 Å². The number of hydrogen-bond donors (Lipinski definition) is 2.